The first kappa shape index (κ1) is 17.2. The van der Waals surface area contributed by atoms with E-state index in [1.807, 2.05) is 34.9 Å². The molecule has 2 aromatic rings. The summed E-state index contributed by atoms with van der Waals surface area (Å²) in [5.41, 5.74) is 1.08. The van der Waals surface area contributed by atoms with Crippen LogP contribution in [0, 0.1) is 0 Å². The molecule has 0 atom stereocenters. The molecule has 0 fully saturated rings. The Hall–Kier alpha value is -2.15. The van der Waals surface area contributed by atoms with Crippen LogP contribution in [0.25, 0.3) is 0 Å². The Bertz CT molecular complexity index is 739. The van der Waals surface area contributed by atoms with Crippen molar-refractivity contribution < 1.29 is 13.2 Å². The van der Waals surface area contributed by atoms with E-state index in [1.165, 1.54) is 0 Å². The van der Waals surface area contributed by atoms with Gasteiger partial charge in [-0.25, -0.2) is 13.4 Å². The van der Waals surface area contributed by atoms with Gasteiger partial charge in [0.15, 0.2) is 9.84 Å². The van der Waals surface area contributed by atoms with Crippen LogP contribution in [0.4, 0.5) is 0 Å². The Kier molecular flexibility index (Phi) is 5.92. The monoisotopic (exact) mass is 335 g/mol. The molecule has 1 heterocycles. The summed E-state index contributed by atoms with van der Waals surface area (Å²) >= 11 is 0. The van der Waals surface area contributed by atoms with Gasteiger partial charge in [-0.05, 0) is 12.5 Å². The lowest BCUT2D eigenvalue weighted by Gasteiger charge is -2.09. The molecule has 1 amide bonds. The Labute approximate surface area is 136 Å². The standard InChI is InChI=1S/C16H21N3O3S/c1-2-17-16(20)8-11-23(21,22)13-15-18-9-10-19(15)12-14-6-4-3-5-7-14/h3-7,9-10H,2,8,11-13H2,1H3,(H,17,20). The van der Waals surface area contributed by atoms with Gasteiger partial charge in [0.05, 0.1) is 5.75 Å². The topological polar surface area (TPSA) is 81.1 Å². The van der Waals surface area contributed by atoms with Gasteiger partial charge in [0.25, 0.3) is 0 Å². The van der Waals surface area contributed by atoms with Gasteiger partial charge >= 0.3 is 0 Å². The van der Waals surface area contributed by atoms with E-state index in [2.05, 4.69) is 10.3 Å². The zero-order valence-corrected chi connectivity index (χ0v) is 13.9. The minimum absolute atomic E-state index is 0.0183. The first-order valence-electron chi connectivity index (χ1n) is 7.51. The Morgan fingerprint density at radius 1 is 1.26 bits per heavy atom. The van der Waals surface area contributed by atoms with Crippen LogP contribution >= 0.6 is 0 Å². The van der Waals surface area contributed by atoms with Crippen LogP contribution < -0.4 is 5.32 Å². The van der Waals surface area contributed by atoms with Gasteiger partial charge in [-0.15, -0.1) is 0 Å². The molecule has 1 aromatic carbocycles. The summed E-state index contributed by atoms with van der Waals surface area (Å²) in [7, 11) is -3.38. The van der Waals surface area contributed by atoms with Crippen molar-refractivity contribution in [3.8, 4) is 0 Å². The second-order valence-corrected chi connectivity index (χ2v) is 7.44. The fraction of sp³-hybridized carbons (Fsp3) is 0.375. The number of nitrogens with zero attached hydrogens (tertiary/aromatic N) is 2. The van der Waals surface area contributed by atoms with E-state index in [4.69, 9.17) is 0 Å². The van der Waals surface area contributed by atoms with E-state index >= 15 is 0 Å². The van der Waals surface area contributed by atoms with Gasteiger partial charge in [-0.3, -0.25) is 4.79 Å². The molecule has 0 aliphatic heterocycles. The SMILES string of the molecule is CCNC(=O)CCS(=O)(=O)Cc1nccn1Cc1ccccc1. The van der Waals surface area contributed by atoms with Crippen molar-refractivity contribution in [1.29, 1.82) is 0 Å². The number of hydrogen-bond acceptors (Lipinski definition) is 4. The lowest BCUT2D eigenvalue weighted by atomic mass is 10.2. The number of rotatable bonds is 8. The van der Waals surface area contributed by atoms with E-state index in [-0.39, 0.29) is 23.8 Å². The van der Waals surface area contributed by atoms with Crippen LogP contribution in [0.3, 0.4) is 0 Å². The molecule has 0 aliphatic carbocycles. The number of hydrogen-bond donors (Lipinski definition) is 1. The summed E-state index contributed by atoms with van der Waals surface area (Å²) < 4.78 is 26.2. The maximum atomic E-state index is 12.2. The van der Waals surface area contributed by atoms with Crippen molar-refractivity contribution in [2.24, 2.45) is 0 Å². The fourth-order valence-electron chi connectivity index (χ4n) is 2.21. The molecule has 6 nitrogen and oxygen atoms in total. The first-order chi connectivity index (χ1) is 11.0. The number of carbonyl (C=O) groups is 1. The minimum Gasteiger partial charge on any atom is -0.356 e. The summed E-state index contributed by atoms with van der Waals surface area (Å²) in [4.78, 5) is 15.5. The van der Waals surface area contributed by atoms with Crippen molar-refractivity contribution in [1.82, 2.24) is 14.9 Å². The minimum atomic E-state index is -3.38. The predicted octanol–water partition coefficient (Wildman–Crippen LogP) is 1.37. The number of aromatic nitrogens is 2. The predicted molar refractivity (Wildman–Crippen MR) is 88.6 cm³/mol. The van der Waals surface area contributed by atoms with Gasteiger partial charge < -0.3 is 9.88 Å². The van der Waals surface area contributed by atoms with Crippen molar-refractivity contribution in [3.05, 3.63) is 54.1 Å². The molecule has 0 saturated heterocycles. The first-order valence-corrected chi connectivity index (χ1v) is 9.33. The molecular formula is C16H21N3O3S. The summed E-state index contributed by atoms with van der Waals surface area (Å²) in [6.45, 7) is 2.87. The van der Waals surface area contributed by atoms with Crippen molar-refractivity contribution in [2.45, 2.75) is 25.6 Å². The van der Waals surface area contributed by atoms with Crippen LogP contribution in [-0.4, -0.2) is 36.2 Å². The van der Waals surface area contributed by atoms with Crippen LogP contribution in [0.1, 0.15) is 24.7 Å². The molecule has 0 unspecified atom stereocenters. The lowest BCUT2D eigenvalue weighted by molar-refractivity contribution is -0.120. The van der Waals surface area contributed by atoms with Gasteiger partial charge in [0.2, 0.25) is 5.91 Å². The van der Waals surface area contributed by atoms with Crippen LogP contribution in [0.2, 0.25) is 0 Å². The second-order valence-electron chi connectivity index (χ2n) is 5.25. The number of amides is 1. The summed E-state index contributed by atoms with van der Waals surface area (Å²) in [5, 5.41) is 2.60. The number of nitrogens with one attached hydrogen (secondary N) is 1. The normalized spacial score (nSPS) is 11.3. The molecule has 7 heteroatoms. The Morgan fingerprint density at radius 2 is 2.00 bits per heavy atom. The van der Waals surface area contributed by atoms with Gasteiger partial charge in [-0.2, -0.15) is 0 Å². The molecule has 23 heavy (non-hydrogen) atoms. The van der Waals surface area contributed by atoms with Crippen LogP contribution in [0.15, 0.2) is 42.7 Å². The molecular weight excluding hydrogens is 314 g/mol. The van der Waals surface area contributed by atoms with Gasteiger partial charge in [-0.1, -0.05) is 30.3 Å². The molecule has 1 N–H and O–H groups in total. The number of imidazole rings is 1. The molecule has 124 valence electrons. The largest absolute Gasteiger partial charge is 0.356 e. The quantitative estimate of drug-likeness (QED) is 0.790. The number of benzene rings is 1. The second kappa shape index (κ2) is 7.92. The van der Waals surface area contributed by atoms with Gasteiger partial charge in [0, 0.05) is 31.9 Å². The maximum absolute atomic E-state index is 12.2. The fourth-order valence-corrected chi connectivity index (χ4v) is 3.48. The highest BCUT2D eigenvalue weighted by atomic mass is 32.2. The average molecular weight is 335 g/mol. The smallest absolute Gasteiger partial charge is 0.221 e. The number of carbonyl (C=O) groups excluding carboxylic acids is 1. The third-order valence-corrected chi connectivity index (χ3v) is 4.88. The highest BCUT2D eigenvalue weighted by molar-refractivity contribution is 7.90. The molecule has 0 bridgehead atoms. The summed E-state index contributed by atoms with van der Waals surface area (Å²) in [5.74, 6) is -0.0862. The maximum Gasteiger partial charge on any atom is 0.221 e. The summed E-state index contributed by atoms with van der Waals surface area (Å²) in [6, 6.07) is 9.77. The van der Waals surface area contributed by atoms with Crippen molar-refractivity contribution in [2.75, 3.05) is 12.3 Å². The zero-order chi connectivity index (χ0) is 16.7. The third-order valence-electron chi connectivity index (χ3n) is 3.36. The molecule has 0 spiro atoms. The molecule has 0 saturated carbocycles. The van der Waals surface area contributed by atoms with E-state index in [0.29, 0.717) is 18.9 Å². The van der Waals surface area contributed by atoms with Crippen molar-refractivity contribution in [3.63, 3.8) is 0 Å². The average Bonchev–Trinajstić information content (AvgIpc) is 2.93. The molecule has 2 rings (SSSR count). The van der Waals surface area contributed by atoms with Gasteiger partial charge in [0.1, 0.15) is 11.6 Å². The summed E-state index contributed by atoms with van der Waals surface area (Å²) in [6.07, 6.45) is 3.34. The van der Waals surface area contributed by atoms with Crippen molar-refractivity contribution >= 4 is 15.7 Å². The van der Waals surface area contributed by atoms with Crippen LogP contribution in [-0.2, 0) is 26.9 Å². The third kappa shape index (κ3) is 5.52. The molecule has 1 aromatic heterocycles. The van der Waals surface area contributed by atoms with E-state index in [9.17, 15) is 13.2 Å². The Morgan fingerprint density at radius 3 is 2.70 bits per heavy atom. The van der Waals surface area contributed by atoms with E-state index in [0.717, 1.165) is 5.56 Å². The highest BCUT2D eigenvalue weighted by Gasteiger charge is 2.17. The van der Waals surface area contributed by atoms with Crippen LogP contribution in [0.5, 0.6) is 0 Å². The highest BCUT2D eigenvalue weighted by Crippen LogP contribution is 2.09. The molecule has 0 aliphatic rings. The molecule has 0 radical (unpaired) electrons. The Balaban J connectivity index is 2.00. The lowest BCUT2D eigenvalue weighted by Crippen LogP contribution is -2.25. The van der Waals surface area contributed by atoms with E-state index in [1.54, 1.807) is 19.3 Å². The van der Waals surface area contributed by atoms with E-state index < -0.39 is 9.84 Å². The number of sulfone groups is 1. The zero-order valence-electron chi connectivity index (χ0n) is 13.1.